The van der Waals surface area contributed by atoms with Gasteiger partial charge in [-0.15, -0.1) is 0 Å². The molecule has 0 heterocycles. The zero-order valence-electron chi connectivity index (χ0n) is 10.5. The molecule has 0 saturated heterocycles. The van der Waals surface area contributed by atoms with E-state index in [0.29, 0.717) is 6.54 Å². The quantitative estimate of drug-likeness (QED) is 0.700. The molecule has 0 unspecified atom stereocenters. The molecule has 0 atom stereocenters. The number of hydrogen-bond donors (Lipinski definition) is 1. The van der Waals surface area contributed by atoms with Crippen molar-refractivity contribution in [1.82, 2.24) is 5.32 Å². The molecule has 0 aromatic heterocycles. The van der Waals surface area contributed by atoms with E-state index >= 15 is 0 Å². The van der Waals surface area contributed by atoms with Crippen LogP contribution in [0.4, 0.5) is 0 Å². The second-order valence-electron chi connectivity index (χ2n) is 4.00. The summed E-state index contributed by atoms with van der Waals surface area (Å²) in [7, 11) is -2.83. The molecule has 0 amide bonds. The largest absolute Gasteiger partial charge is 0.310 e. The molecule has 0 fully saturated rings. The Morgan fingerprint density at radius 3 is 1.80 bits per heavy atom. The fourth-order valence-corrected chi connectivity index (χ4v) is 2.44. The summed E-state index contributed by atoms with van der Waals surface area (Å²) < 4.78 is 22.6. The smallest absolute Gasteiger partial charge is 0.151 e. The zero-order chi connectivity index (χ0) is 11.9. The van der Waals surface area contributed by atoms with E-state index in [0.717, 1.165) is 19.3 Å². The standard InChI is InChI=1S/C11H25NO2S/c1-5-11(6-2,7-3)12-9-10-15(13,14)8-4/h12H,5-10H2,1-4H3. The van der Waals surface area contributed by atoms with Gasteiger partial charge >= 0.3 is 0 Å². The number of hydrogen-bond acceptors (Lipinski definition) is 3. The van der Waals surface area contributed by atoms with Crippen molar-refractivity contribution in [2.45, 2.75) is 52.5 Å². The minimum Gasteiger partial charge on any atom is -0.310 e. The summed E-state index contributed by atoms with van der Waals surface area (Å²) in [5.41, 5.74) is 0.128. The van der Waals surface area contributed by atoms with Crippen molar-refractivity contribution < 1.29 is 8.42 Å². The van der Waals surface area contributed by atoms with Crippen molar-refractivity contribution in [3.63, 3.8) is 0 Å². The van der Waals surface area contributed by atoms with E-state index in [1.165, 1.54) is 0 Å². The van der Waals surface area contributed by atoms with Crippen LogP contribution in [-0.2, 0) is 9.84 Å². The Hall–Kier alpha value is -0.0900. The highest BCUT2D eigenvalue weighted by atomic mass is 32.2. The maximum Gasteiger partial charge on any atom is 0.151 e. The third kappa shape index (κ3) is 4.98. The molecular formula is C11H25NO2S. The lowest BCUT2D eigenvalue weighted by Gasteiger charge is -2.32. The molecule has 4 heteroatoms. The van der Waals surface area contributed by atoms with E-state index in [-0.39, 0.29) is 17.0 Å². The summed E-state index contributed by atoms with van der Waals surface area (Å²) in [5, 5.41) is 3.39. The first-order valence-electron chi connectivity index (χ1n) is 5.90. The van der Waals surface area contributed by atoms with Gasteiger partial charge in [0.2, 0.25) is 0 Å². The summed E-state index contributed by atoms with van der Waals surface area (Å²) in [4.78, 5) is 0. The van der Waals surface area contributed by atoms with Crippen molar-refractivity contribution in [3.8, 4) is 0 Å². The molecule has 0 bridgehead atoms. The fourth-order valence-electron chi connectivity index (χ4n) is 1.74. The first-order valence-corrected chi connectivity index (χ1v) is 7.72. The molecule has 92 valence electrons. The average molecular weight is 235 g/mol. The van der Waals surface area contributed by atoms with Gasteiger partial charge in [-0.2, -0.15) is 0 Å². The Bertz CT molecular complexity index is 247. The fraction of sp³-hybridized carbons (Fsp3) is 1.00. The predicted octanol–water partition coefficient (Wildman–Crippen LogP) is 1.98. The Labute approximate surface area is 94.6 Å². The van der Waals surface area contributed by atoms with Crippen molar-refractivity contribution >= 4 is 9.84 Å². The van der Waals surface area contributed by atoms with E-state index in [1.54, 1.807) is 6.92 Å². The lowest BCUT2D eigenvalue weighted by atomic mass is 9.90. The Balaban J connectivity index is 4.13. The molecule has 0 saturated carbocycles. The molecule has 0 aromatic carbocycles. The van der Waals surface area contributed by atoms with Gasteiger partial charge in [-0.1, -0.05) is 27.7 Å². The molecule has 0 aliphatic heterocycles. The molecule has 0 rings (SSSR count). The van der Waals surface area contributed by atoms with E-state index in [4.69, 9.17) is 0 Å². The second kappa shape index (κ2) is 6.48. The highest BCUT2D eigenvalue weighted by Crippen LogP contribution is 2.18. The molecular weight excluding hydrogens is 210 g/mol. The molecule has 0 aliphatic rings. The number of sulfone groups is 1. The van der Waals surface area contributed by atoms with Gasteiger partial charge in [-0.05, 0) is 19.3 Å². The van der Waals surface area contributed by atoms with Crippen LogP contribution >= 0.6 is 0 Å². The van der Waals surface area contributed by atoms with Gasteiger partial charge in [-0.3, -0.25) is 0 Å². The SMILES string of the molecule is CCC(CC)(CC)NCCS(=O)(=O)CC. The van der Waals surface area contributed by atoms with E-state index in [1.807, 2.05) is 0 Å². The summed E-state index contributed by atoms with van der Waals surface area (Å²) in [6, 6.07) is 0. The summed E-state index contributed by atoms with van der Waals surface area (Å²) in [6.07, 6.45) is 3.14. The van der Waals surface area contributed by atoms with Crippen LogP contribution in [0.5, 0.6) is 0 Å². The van der Waals surface area contributed by atoms with Crippen molar-refractivity contribution in [2.75, 3.05) is 18.1 Å². The lowest BCUT2D eigenvalue weighted by molar-refractivity contribution is 0.297. The van der Waals surface area contributed by atoms with Gasteiger partial charge in [0.25, 0.3) is 0 Å². The van der Waals surface area contributed by atoms with Crippen molar-refractivity contribution in [1.29, 1.82) is 0 Å². The number of rotatable bonds is 8. The van der Waals surface area contributed by atoms with Crippen molar-refractivity contribution in [3.05, 3.63) is 0 Å². The molecule has 3 nitrogen and oxygen atoms in total. The molecule has 0 aliphatic carbocycles. The van der Waals surface area contributed by atoms with Crippen LogP contribution in [0.25, 0.3) is 0 Å². The molecule has 0 spiro atoms. The Morgan fingerprint density at radius 2 is 1.47 bits per heavy atom. The minimum atomic E-state index is -2.83. The van der Waals surface area contributed by atoms with E-state index in [2.05, 4.69) is 26.1 Å². The third-order valence-corrected chi connectivity index (χ3v) is 5.09. The monoisotopic (exact) mass is 235 g/mol. The maximum atomic E-state index is 11.3. The molecule has 0 radical (unpaired) electrons. The highest BCUT2D eigenvalue weighted by Gasteiger charge is 2.23. The third-order valence-electron chi connectivity index (χ3n) is 3.38. The topological polar surface area (TPSA) is 46.2 Å². The van der Waals surface area contributed by atoms with Gasteiger partial charge in [-0.25, -0.2) is 8.42 Å². The molecule has 0 aromatic rings. The van der Waals surface area contributed by atoms with Crippen LogP contribution in [0.1, 0.15) is 47.0 Å². The van der Waals surface area contributed by atoms with Crippen LogP contribution in [0.2, 0.25) is 0 Å². The van der Waals surface area contributed by atoms with Gasteiger partial charge in [0.05, 0.1) is 5.75 Å². The van der Waals surface area contributed by atoms with E-state index in [9.17, 15) is 8.42 Å². The molecule has 15 heavy (non-hydrogen) atoms. The van der Waals surface area contributed by atoms with E-state index < -0.39 is 9.84 Å². The van der Waals surface area contributed by atoms with Gasteiger partial charge < -0.3 is 5.32 Å². The Kier molecular flexibility index (Phi) is 6.44. The summed E-state index contributed by atoms with van der Waals surface area (Å²) >= 11 is 0. The second-order valence-corrected chi connectivity index (χ2v) is 6.48. The lowest BCUT2D eigenvalue weighted by Crippen LogP contribution is -2.45. The first-order chi connectivity index (χ1) is 6.95. The van der Waals surface area contributed by atoms with Crippen LogP contribution in [0.3, 0.4) is 0 Å². The van der Waals surface area contributed by atoms with Crippen LogP contribution in [0, 0.1) is 0 Å². The summed E-state index contributed by atoms with van der Waals surface area (Å²) in [6.45, 7) is 8.71. The minimum absolute atomic E-state index is 0.128. The van der Waals surface area contributed by atoms with Crippen LogP contribution in [-0.4, -0.2) is 32.0 Å². The Morgan fingerprint density at radius 1 is 1.00 bits per heavy atom. The molecule has 1 N–H and O–H groups in total. The number of nitrogens with one attached hydrogen (secondary N) is 1. The van der Waals surface area contributed by atoms with Gasteiger partial charge in [0.15, 0.2) is 9.84 Å². The van der Waals surface area contributed by atoms with Crippen molar-refractivity contribution in [2.24, 2.45) is 0 Å². The first kappa shape index (κ1) is 14.9. The zero-order valence-corrected chi connectivity index (χ0v) is 11.3. The van der Waals surface area contributed by atoms with Crippen LogP contribution < -0.4 is 5.32 Å². The average Bonchev–Trinajstić information content (AvgIpc) is 2.25. The normalized spacial score (nSPS) is 13.1. The van der Waals surface area contributed by atoms with Gasteiger partial charge in [0.1, 0.15) is 0 Å². The van der Waals surface area contributed by atoms with Gasteiger partial charge in [0, 0.05) is 17.8 Å². The summed E-state index contributed by atoms with van der Waals surface area (Å²) in [5.74, 6) is 0.497. The maximum absolute atomic E-state index is 11.3. The highest BCUT2D eigenvalue weighted by molar-refractivity contribution is 7.91. The predicted molar refractivity (Wildman–Crippen MR) is 65.9 cm³/mol. The van der Waals surface area contributed by atoms with Crippen LogP contribution in [0.15, 0.2) is 0 Å².